The van der Waals surface area contributed by atoms with Gasteiger partial charge in [0.1, 0.15) is 17.1 Å². The number of aliphatic hydroxyl groups excluding tert-OH is 1. The van der Waals surface area contributed by atoms with Gasteiger partial charge in [-0.1, -0.05) is 30.2 Å². The predicted molar refractivity (Wildman–Crippen MR) is 136 cm³/mol. The smallest absolute Gasteiger partial charge is 0.305 e. The highest BCUT2D eigenvalue weighted by atomic mass is 32.1. The number of hydrogen-bond acceptors (Lipinski definition) is 8. The van der Waals surface area contributed by atoms with Crippen LogP contribution in [-0.2, 0) is 0 Å². The standard InChI is InChI=1S/C24H27FN4O3S2/c25-16-7-5-15(6-8-16)18-14-33-23(28-18)27-12-4-2-1-3-11-26-13-20(31)17-9-10-19(30)21-22(17)34-24(32)29-21/h5-10,14,20,26,30-31H,1-4,11-13H2,(H,27,28)(H,29,32). The number of nitrogens with one attached hydrogen (secondary N) is 3. The Bertz CT molecular complexity index is 1270. The van der Waals surface area contributed by atoms with Gasteiger partial charge in [-0.3, -0.25) is 4.79 Å². The number of thiazole rings is 2. The van der Waals surface area contributed by atoms with E-state index in [1.807, 2.05) is 5.38 Å². The summed E-state index contributed by atoms with van der Waals surface area (Å²) in [5, 5.41) is 29.8. The molecule has 2 heterocycles. The van der Waals surface area contributed by atoms with Crippen molar-refractivity contribution in [1.29, 1.82) is 0 Å². The fourth-order valence-electron chi connectivity index (χ4n) is 3.68. The van der Waals surface area contributed by atoms with Gasteiger partial charge in [-0.25, -0.2) is 9.37 Å². The van der Waals surface area contributed by atoms with E-state index in [1.54, 1.807) is 29.5 Å². The maximum Gasteiger partial charge on any atom is 0.305 e. The van der Waals surface area contributed by atoms with Crippen LogP contribution in [0.25, 0.3) is 21.5 Å². The van der Waals surface area contributed by atoms with E-state index < -0.39 is 6.10 Å². The molecule has 4 rings (SSSR count). The molecule has 1 atom stereocenters. The number of aromatic hydroxyl groups is 1. The molecule has 10 heteroatoms. The first-order chi connectivity index (χ1) is 16.5. The number of H-pyrrole nitrogens is 1. The summed E-state index contributed by atoms with van der Waals surface area (Å²) in [6.07, 6.45) is 3.44. The van der Waals surface area contributed by atoms with Crippen LogP contribution in [-0.4, -0.2) is 39.8 Å². The topological polar surface area (TPSA) is 110 Å². The number of aliphatic hydroxyl groups is 1. The molecule has 1 unspecified atom stereocenters. The predicted octanol–water partition coefficient (Wildman–Crippen LogP) is 4.85. The Morgan fingerprint density at radius 3 is 2.62 bits per heavy atom. The van der Waals surface area contributed by atoms with E-state index in [9.17, 15) is 19.4 Å². The summed E-state index contributed by atoms with van der Waals surface area (Å²) in [7, 11) is 0. The maximum atomic E-state index is 13.1. The molecule has 4 aromatic rings. The number of aromatic nitrogens is 2. The van der Waals surface area contributed by atoms with Crippen LogP contribution in [0.15, 0.2) is 46.6 Å². The highest BCUT2D eigenvalue weighted by molar-refractivity contribution is 7.16. The number of phenols is 1. The van der Waals surface area contributed by atoms with Crippen LogP contribution in [0, 0.1) is 5.82 Å². The van der Waals surface area contributed by atoms with E-state index in [1.165, 1.54) is 18.2 Å². The number of unbranched alkanes of at least 4 members (excludes halogenated alkanes) is 3. The Hall–Kier alpha value is -2.79. The molecule has 0 radical (unpaired) electrons. The molecule has 2 aromatic heterocycles. The Morgan fingerprint density at radius 2 is 1.82 bits per heavy atom. The molecular formula is C24H27FN4O3S2. The number of nitrogens with zero attached hydrogens (tertiary/aromatic N) is 1. The lowest BCUT2D eigenvalue weighted by Gasteiger charge is -2.13. The number of halogens is 1. The molecule has 0 aliphatic rings. The van der Waals surface area contributed by atoms with Crippen molar-refractivity contribution in [3.05, 3.63) is 62.8 Å². The van der Waals surface area contributed by atoms with Crippen molar-refractivity contribution >= 4 is 38.0 Å². The van der Waals surface area contributed by atoms with Gasteiger partial charge in [0, 0.05) is 29.6 Å². The molecule has 34 heavy (non-hydrogen) atoms. The van der Waals surface area contributed by atoms with Crippen LogP contribution < -0.4 is 15.5 Å². The largest absolute Gasteiger partial charge is 0.506 e. The molecule has 2 aromatic carbocycles. The SMILES string of the molecule is O=c1[nH]c2c(O)ccc(C(O)CNCCCCCCNc3nc(-c4ccc(F)cc4)cs3)c2s1. The summed E-state index contributed by atoms with van der Waals surface area (Å²) in [5.74, 6) is -0.242. The summed E-state index contributed by atoms with van der Waals surface area (Å²) >= 11 is 2.54. The van der Waals surface area contributed by atoms with Crippen LogP contribution in [0.3, 0.4) is 0 Å². The van der Waals surface area contributed by atoms with E-state index in [-0.39, 0.29) is 16.4 Å². The van der Waals surface area contributed by atoms with Gasteiger partial charge in [0.15, 0.2) is 5.13 Å². The number of aromatic amines is 1. The maximum absolute atomic E-state index is 13.1. The lowest BCUT2D eigenvalue weighted by atomic mass is 10.1. The second-order valence-electron chi connectivity index (χ2n) is 8.00. The number of fused-ring (bicyclic) bond motifs is 1. The summed E-state index contributed by atoms with van der Waals surface area (Å²) in [6.45, 7) is 2.02. The Kier molecular flexibility index (Phi) is 8.28. The molecule has 180 valence electrons. The number of phenolic OH excluding ortho intramolecular Hbond substituents is 1. The van der Waals surface area contributed by atoms with E-state index >= 15 is 0 Å². The summed E-state index contributed by atoms with van der Waals surface area (Å²) < 4.78 is 13.6. The average molecular weight is 503 g/mol. The fraction of sp³-hybridized carbons (Fsp3) is 0.333. The zero-order chi connectivity index (χ0) is 23.9. The van der Waals surface area contributed by atoms with Gasteiger partial charge in [-0.05, 0) is 49.7 Å². The van der Waals surface area contributed by atoms with Gasteiger partial charge in [0.2, 0.25) is 0 Å². The van der Waals surface area contributed by atoms with Crippen LogP contribution in [0.1, 0.15) is 37.4 Å². The fourth-order valence-corrected chi connectivity index (χ4v) is 5.35. The van der Waals surface area contributed by atoms with E-state index in [0.29, 0.717) is 22.3 Å². The third-order valence-electron chi connectivity index (χ3n) is 5.49. The highest BCUT2D eigenvalue weighted by Crippen LogP contribution is 2.31. The van der Waals surface area contributed by atoms with Crippen molar-refractivity contribution in [3.63, 3.8) is 0 Å². The van der Waals surface area contributed by atoms with E-state index in [0.717, 1.165) is 66.5 Å². The Morgan fingerprint density at radius 1 is 1.06 bits per heavy atom. The van der Waals surface area contributed by atoms with Crippen LogP contribution >= 0.6 is 22.7 Å². The minimum Gasteiger partial charge on any atom is -0.506 e. The quantitative estimate of drug-likeness (QED) is 0.177. The zero-order valence-electron chi connectivity index (χ0n) is 18.5. The average Bonchev–Trinajstić information content (AvgIpc) is 3.45. The van der Waals surface area contributed by atoms with Crippen molar-refractivity contribution < 1.29 is 14.6 Å². The minimum atomic E-state index is -0.753. The number of hydrogen-bond donors (Lipinski definition) is 5. The van der Waals surface area contributed by atoms with Gasteiger partial charge in [-0.2, -0.15) is 0 Å². The Balaban J connectivity index is 1.10. The second kappa shape index (κ2) is 11.6. The van der Waals surface area contributed by atoms with Gasteiger partial charge in [0.05, 0.1) is 16.5 Å². The van der Waals surface area contributed by atoms with Crippen LogP contribution in [0.5, 0.6) is 5.75 Å². The Labute approximate surface area is 204 Å². The van der Waals surface area contributed by atoms with Crippen molar-refractivity contribution in [3.8, 4) is 17.0 Å². The first-order valence-electron chi connectivity index (χ1n) is 11.2. The lowest BCUT2D eigenvalue weighted by molar-refractivity contribution is 0.176. The normalized spacial score (nSPS) is 12.3. The number of benzene rings is 2. The molecule has 5 N–H and O–H groups in total. The van der Waals surface area contributed by atoms with E-state index in [4.69, 9.17) is 0 Å². The van der Waals surface area contributed by atoms with Crippen LogP contribution in [0.4, 0.5) is 9.52 Å². The molecule has 0 amide bonds. The summed E-state index contributed by atoms with van der Waals surface area (Å²) in [4.78, 5) is 18.5. The first-order valence-corrected chi connectivity index (χ1v) is 12.9. The summed E-state index contributed by atoms with van der Waals surface area (Å²) in [6, 6.07) is 9.49. The summed E-state index contributed by atoms with van der Waals surface area (Å²) in [5.41, 5.74) is 2.77. The third kappa shape index (κ3) is 6.20. The molecule has 0 aliphatic carbocycles. The first kappa shape index (κ1) is 24.3. The van der Waals surface area contributed by atoms with Gasteiger partial charge >= 0.3 is 4.87 Å². The second-order valence-corrected chi connectivity index (χ2v) is 9.84. The highest BCUT2D eigenvalue weighted by Gasteiger charge is 2.15. The number of rotatable bonds is 12. The third-order valence-corrected chi connectivity index (χ3v) is 7.22. The molecule has 0 fully saturated rings. The monoisotopic (exact) mass is 502 g/mol. The molecule has 7 nitrogen and oxygen atoms in total. The van der Waals surface area contributed by atoms with Crippen molar-refractivity contribution in [2.24, 2.45) is 0 Å². The van der Waals surface area contributed by atoms with Crippen molar-refractivity contribution in [2.75, 3.05) is 25.0 Å². The minimum absolute atomic E-state index is 0.00919. The number of anilines is 1. The zero-order valence-corrected chi connectivity index (χ0v) is 20.1. The molecule has 0 bridgehead atoms. The molecule has 0 saturated heterocycles. The van der Waals surface area contributed by atoms with Gasteiger partial charge < -0.3 is 25.8 Å². The van der Waals surface area contributed by atoms with Crippen LogP contribution in [0.2, 0.25) is 0 Å². The molecule has 0 aliphatic heterocycles. The van der Waals surface area contributed by atoms with E-state index in [2.05, 4.69) is 20.6 Å². The van der Waals surface area contributed by atoms with Gasteiger partial charge in [-0.15, -0.1) is 11.3 Å². The lowest BCUT2D eigenvalue weighted by Crippen LogP contribution is -2.22. The van der Waals surface area contributed by atoms with Crippen molar-refractivity contribution in [1.82, 2.24) is 15.3 Å². The van der Waals surface area contributed by atoms with Crippen molar-refractivity contribution in [2.45, 2.75) is 31.8 Å². The molecular weight excluding hydrogens is 475 g/mol. The van der Waals surface area contributed by atoms with Gasteiger partial charge in [0.25, 0.3) is 0 Å². The molecule has 0 saturated carbocycles. The molecule has 0 spiro atoms.